The highest BCUT2D eigenvalue weighted by Crippen LogP contribution is 2.23. The summed E-state index contributed by atoms with van der Waals surface area (Å²) in [4.78, 5) is 0. The summed E-state index contributed by atoms with van der Waals surface area (Å²) in [7, 11) is 0. The molecule has 16 heavy (non-hydrogen) atoms. The van der Waals surface area contributed by atoms with Crippen molar-refractivity contribution in [3.8, 4) is 5.75 Å². The first-order valence-corrected chi connectivity index (χ1v) is 5.15. The van der Waals surface area contributed by atoms with E-state index in [1.54, 1.807) is 6.92 Å². The van der Waals surface area contributed by atoms with Crippen LogP contribution in [-0.4, -0.2) is 10.2 Å². The normalized spacial score (nSPS) is 10.4. The first-order valence-electron chi connectivity index (χ1n) is 5.15. The topological polar surface area (TPSA) is 48.2 Å². The first-order chi connectivity index (χ1) is 7.66. The van der Waals surface area contributed by atoms with E-state index in [0.717, 1.165) is 16.9 Å². The number of hydrogen-bond donors (Lipinski definition) is 0. The van der Waals surface area contributed by atoms with Gasteiger partial charge in [-0.25, -0.2) is 0 Å². The molecule has 2 rings (SSSR count). The van der Waals surface area contributed by atoms with Gasteiger partial charge in [0.05, 0.1) is 0 Å². The molecule has 0 aliphatic heterocycles. The summed E-state index contributed by atoms with van der Waals surface area (Å²) < 4.78 is 10.9. The van der Waals surface area contributed by atoms with E-state index in [0.29, 0.717) is 18.4 Å². The average molecular weight is 218 g/mol. The molecule has 2 aromatic rings. The Bertz CT molecular complexity index is 471. The van der Waals surface area contributed by atoms with Crippen molar-refractivity contribution >= 4 is 0 Å². The molecule has 0 atom stereocenters. The molecule has 0 saturated carbocycles. The van der Waals surface area contributed by atoms with Crippen LogP contribution in [0.3, 0.4) is 0 Å². The van der Waals surface area contributed by atoms with Gasteiger partial charge in [0.1, 0.15) is 5.75 Å². The van der Waals surface area contributed by atoms with Gasteiger partial charge >= 0.3 is 0 Å². The number of aryl methyl sites for hydroxylation is 3. The van der Waals surface area contributed by atoms with Crippen molar-refractivity contribution < 1.29 is 9.15 Å². The molecule has 0 N–H and O–H groups in total. The maximum atomic E-state index is 5.67. The maximum Gasteiger partial charge on any atom is 0.253 e. The monoisotopic (exact) mass is 218 g/mol. The number of aromatic nitrogens is 2. The fourth-order valence-electron chi connectivity index (χ4n) is 1.56. The van der Waals surface area contributed by atoms with Crippen LogP contribution in [0.4, 0.5) is 0 Å². The molecule has 0 spiro atoms. The largest absolute Gasteiger partial charge is 0.483 e. The van der Waals surface area contributed by atoms with Gasteiger partial charge in [-0.05, 0) is 25.0 Å². The molecule has 84 valence electrons. The van der Waals surface area contributed by atoms with E-state index in [9.17, 15) is 0 Å². The van der Waals surface area contributed by atoms with Gasteiger partial charge < -0.3 is 9.15 Å². The lowest BCUT2D eigenvalue weighted by molar-refractivity contribution is 0.257. The Kier molecular flexibility index (Phi) is 2.90. The summed E-state index contributed by atoms with van der Waals surface area (Å²) in [6.07, 6.45) is 0. The predicted octanol–water partition coefficient (Wildman–Crippen LogP) is 2.57. The van der Waals surface area contributed by atoms with Crippen molar-refractivity contribution in [2.75, 3.05) is 0 Å². The van der Waals surface area contributed by atoms with Gasteiger partial charge in [0.25, 0.3) is 5.89 Å². The minimum Gasteiger partial charge on any atom is -0.483 e. The minimum absolute atomic E-state index is 0.312. The number of para-hydroxylation sites is 1. The van der Waals surface area contributed by atoms with Crippen LogP contribution in [0, 0.1) is 20.8 Å². The zero-order valence-corrected chi connectivity index (χ0v) is 9.65. The van der Waals surface area contributed by atoms with E-state index in [2.05, 4.69) is 10.2 Å². The van der Waals surface area contributed by atoms with Gasteiger partial charge in [0.2, 0.25) is 5.89 Å². The van der Waals surface area contributed by atoms with Crippen LogP contribution in [0.2, 0.25) is 0 Å². The van der Waals surface area contributed by atoms with Crippen LogP contribution in [0.5, 0.6) is 5.75 Å². The molecule has 0 radical (unpaired) electrons. The molecule has 0 saturated heterocycles. The molecule has 0 amide bonds. The van der Waals surface area contributed by atoms with Crippen LogP contribution in [0.1, 0.15) is 22.9 Å². The second-order valence-corrected chi connectivity index (χ2v) is 3.72. The van der Waals surface area contributed by atoms with Crippen molar-refractivity contribution in [2.24, 2.45) is 0 Å². The van der Waals surface area contributed by atoms with Crippen molar-refractivity contribution in [3.05, 3.63) is 41.1 Å². The molecular formula is C12H14N2O2. The lowest BCUT2D eigenvalue weighted by atomic mass is 10.1. The van der Waals surface area contributed by atoms with Crippen molar-refractivity contribution in [2.45, 2.75) is 27.4 Å². The second-order valence-electron chi connectivity index (χ2n) is 3.72. The standard InChI is InChI=1S/C12H14N2O2/c1-8-5-4-6-9(2)12(8)15-7-11-14-13-10(3)16-11/h4-6H,7H2,1-3H3. The molecule has 0 unspecified atom stereocenters. The molecule has 0 aliphatic rings. The summed E-state index contributed by atoms with van der Waals surface area (Å²) >= 11 is 0. The third kappa shape index (κ3) is 2.21. The van der Waals surface area contributed by atoms with Gasteiger partial charge in [0.15, 0.2) is 6.61 Å². The van der Waals surface area contributed by atoms with Gasteiger partial charge in [-0.15, -0.1) is 10.2 Å². The van der Waals surface area contributed by atoms with Crippen molar-refractivity contribution in [1.29, 1.82) is 0 Å². The van der Waals surface area contributed by atoms with E-state index in [1.165, 1.54) is 0 Å². The number of nitrogens with zero attached hydrogens (tertiary/aromatic N) is 2. The Labute approximate surface area is 94.3 Å². The zero-order chi connectivity index (χ0) is 11.5. The molecule has 1 heterocycles. The molecule has 4 heteroatoms. The smallest absolute Gasteiger partial charge is 0.253 e. The van der Waals surface area contributed by atoms with Gasteiger partial charge in [0, 0.05) is 6.92 Å². The van der Waals surface area contributed by atoms with E-state index >= 15 is 0 Å². The zero-order valence-electron chi connectivity index (χ0n) is 9.65. The third-order valence-electron chi connectivity index (χ3n) is 2.32. The first kappa shape index (κ1) is 10.7. The molecule has 4 nitrogen and oxygen atoms in total. The second kappa shape index (κ2) is 4.35. The molecule has 0 aliphatic carbocycles. The fraction of sp³-hybridized carbons (Fsp3) is 0.333. The highest BCUT2D eigenvalue weighted by molar-refractivity contribution is 5.39. The summed E-state index contributed by atoms with van der Waals surface area (Å²) in [5.74, 6) is 1.94. The van der Waals surface area contributed by atoms with Crippen molar-refractivity contribution in [1.82, 2.24) is 10.2 Å². The number of hydrogen-bond acceptors (Lipinski definition) is 4. The van der Waals surface area contributed by atoms with Gasteiger partial charge in [-0.2, -0.15) is 0 Å². The third-order valence-corrected chi connectivity index (χ3v) is 2.32. The highest BCUT2D eigenvalue weighted by Gasteiger charge is 2.06. The summed E-state index contributed by atoms with van der Waals surface area (Å²) in [6.45, 7) is 6.10. The Balaban J connectivity index is 2.10. The summed E-state index contributed by atoms with van der Waals surface area (Å²) in [5, 5.41) is 7.63. The lowest BCUT2D eigenvalue weighted by Crippen LogP contribution is -1.99. The molecule has 0 fully saturated rings. The quantitative estimate of drug-likeness (QED) is 0.794. The Morgan fingerprint density at radius 2 is 1.81 bits per heavy atom. The number of rotatable bonds is 3. The van der Waals surface area contributed by atoms with E-state index in [1.807, 2.05) is 32.0 Å². The Hall–Kier alpha value is -1.84. The van der Waals surface area contributed by atoms with E-state index < -0.39 is 0 Å². The maximum absolute atomic E-state index is 5.67. The summed E-state index contributed by atoms with van der Waals surface area (Å²) in [5.41, 5.74) is 2.22. The minimum atomic E-state index is 0.312. The molecule has 1 aromatic carbocycles. The van der Waals surface area contributed by atoms with E-state index in [4.69, 9.17) is 9.15 Å². The molecular weight excluding hydrogens is 204 g/mol. The van der Waals surface area contributed by atoms with Crippen molar-refractivity contribution in [3.63, 3.8) is 0 Å². The fourth-order valence-corrected chi connectivity index (χ4v) is 1.56. The summed E-state index contributed by atoms with van der Waals surface area (Å²) in [6, 6.07) is 6.04. The van der Waals surface area contributed by atoms with Crippen LogP contribution in [0.25, 0.3) is 0 Å². The lowest BCUT2D eigenvalue weighted by Gasteiger charge is -2.09. The predicted molar refractivity (Wildman–Crippen MR) is 59.3 cm³/mol. The Morgan fingerprint density at radius 3 is 2.38 bits per heavy atom. The van der Waals surface area contributed by atoms with Crippen LogP contribution < -0.4 is 4.74 Å². The Morgan fingerprint density at radius 1 is 1.12 bits per heavy atom. The number of benzene rings is 1. The van der Waals surface area contributed by atoms with Crippen LogP contribution in [0.15, 0.2) is 22.6 Å². The van der Waals surface area contributed by atoms with Crippen LogP contribution in [-0.2, 0) is 6.61 Å². The highest BCUT2D eigenvalue weighted by atomic mass is 16.5. The number of ether oxygens (including phenoxy) is 1. The molecule has 1 aromatic heterocycles. The molecule has 0 bridgehead atoms. The van der Waals surface area contributed by atoms with Crippen LogP contribution >= 0.6 is 0 Å². The SMILES string of the molecule is Cc1nnc(COc2c(C)cccc2C)o1. The van der Waals surface area contributed by atoms with Gasteiger partial charge in [-0.1, -0.05) is 18.2 Å². The van der Waals surface area contributed by atoms with E-state index in [-0.39, 0.29) is 0 Å². The average Bonchev–Trinajstić information content (AvgIpc) is 2.63. The van der Waals surface area contributed by atoms with Gasteiger partial charge in [-0.3, -0.25) is 0 Å².